The standard InChI is InChI=1S/C38H43N3O3/c1-38(2,3)44-37(42)33-17-16-28(22-35(33)43-30-21-29-18-19-39-36(29)40-23-30)26-12-10-25(11-13-26)24-41-20-6-9-34(41)32-8-5-4-7-31(32)27-14-15-27/h4-5,7-8,12,16-19,21-23,25,27,34H,6,9-11,13-15,20,24H2,1-3H3,(H,39,40)/t25?,34-/m0/s1. The highest BCUT2D eigenvalue weighted by atomic mass is 16.6. The van der Waals surface area contributed by atoms with Gasteiger partial charge in [-0.3, -0.25) is 4.90 Å². The molecule has 228 valence electrons. The molecular weight excluding hydrogens is 546 g/mol. The molecule has 7 rings (SSSR count). The molecule has 0 amide bonds. The first kappa shape index (κ1) is 28.8. The molecular formula is C38H43N3O3. The number of hydrogen-bond acceptors (Lipinski definition) is 5. The predicted octanol–water partition coefficient (Wildman–Crippen LogP) is 9.21. The van der Waals surface area contributed by atoms with Gasteiger partial charge in [0.1, 0.15) is 28.3 Å². The van der Waals surface area contributed by atoms with Crippen molar-refractivity contribution in [3.63, 3.8) is 0 Å². The summed E-state index contributed by atoms with van der Waals surface area (Å²) >= 11 is 0. The van der Waals surface area contributed by atoms with Crippen LogP contribution in [0, 0.1) is 5.92 Å². The number of rotatable bonds is 8. The average molecular weight is 590 g/mol. The number of pyridine rings is 1. The van der Waals surface area contributed by atoms with Crippen molar-refractivity contribution in [3.05, 3.63) is 95.3 Å². The van der Waals surface area contributed by atoms with Gasteiger partial charge in [0.25, 0.3) is 0 Å². The van der Waals surface area contributed by atoms with Crippen LogP contribution in [0.3, 0.4) is 0 Å². The first-order valence-electron chi connectivity index (χ1n) is 16.3. The monoisotopic (exact) mass is 589 g/mol. The number of aromatic nitrogens is 2. The van der Waals surface area contributed by atoms with Crippen LogP contribution in [0.25, 0.3) is 16.6 Å². The average Bonchev–Trinajstić information content (AvgIpc) is 3.57. The Labute approximate surface area is 260 Å². The Morgan fingerprint density at radius 1 is 1.02 bits per heavy atom. The maximum atomic E-state index is 13.2. The Morgan fingerprint density at radius 3 is 2.64 bits per heavy atom. The van der Waals surface area contributed by atoms with Gasteiger partial charge in [0.05, 0.1) is 6.20 Å². The Kier molecular flexibility index (Phi) is 7.79. The maximum Gasteiger partial charge on any atom is 0.342 e. The minimum absolute atomic E-state index is 0.393. The fourth-order valence-corrected chi connectivity index (χ4v) is 7.04. The highest BCUT2D eigenvalue weighted by molar-refractivity contribution is 5.93. The van der Waals surface area contributed by atoms with Crippen LogP contribution in [0.15, 0.2) is 73.1 Å². The predicted molar refractivity (Wildman–Crippen MR) is 175 cm³/mol. The summed E-state index contributed by atoms with van der Waals surface area (Å²) in [6.45, 7) is 8.00. The van der Waals surface area contributed by atoms with Gasteiger partial charge < -0.3 is 14.5 Å². The number of hydrogen-bond donors (Lipinski definition) is 1. The molecule has 2 aromatic carbocycles. The molecule has 2 atom stereocenters. The first-order valence-corrected chi connectivity index (χ1v) is 16.3. The van der Waals surface area contributed by atoms with Crippen LogP contribution in [0.4, 0.5) is 0 Å². The highest BCUT2D eigenvalue weighted by Crippen LogP contribution is 2.46. The van der Waals surface area contributed by atoms with Crippen LogP contribution in [0.1, 0.15) is 105 Å². The molecule has 6 heteroatoms. The van der Waals surface area contributed by atoms with Crippen molar-refractivity contribution in [1.29, 1.82) is 0 Å². The number of allylic oxidation sites excluding steroid dienone is 2. The molecule has 0 radical (unpaired) electrons. The van der Waals surface area contributed by atoms with Crippen molar-refractivity contribution >= 4 is 22.6 Å². The maximum absolute atomic E-state index is 13.2. The van der Waals surface area contributed by atoms with Crippen molar-refractivity contribution in [2.75, 3.05) is 13.1 Å². The third-order valence-electron chi connectivity index (χ3n) is 9.32. The molecule has 1 saturated carbocycles. The number of esters is 1. The lowest BCUT2D eigenvalue weighted by atomic mass is 9.85. The van der Waals surface area contributed by atoms with E-state index in [0.29, 0.717) is 29.0 Å². The van der Waals surface area contributed by atoms with E-state index in [0.717, 1.165) is 48.3 Å². The van der Waals surface area contributed by atoms with Gasteiger partial charge in [0, 0.05) is 24.2 Å². The van der Waals surface area contributed by atoms with Crippen LogP contribution < -0.4 is 4.74 Å². The molecule has 2 aromatic heterocycles. The second-order valence-corrected chi connectivity index (χ2v) is 13.8. The molecule has 1 unspecified atom stereocenters. The van der Waals surface area contributed by atoms with Gasteiger partial charge in [-0.25, -0.2) is 9.78 Å². The molecule has 44 heavy (non-hydrogen) atoms. The van der Waals surface area contributed by atoms with E-state index in [2.05, 4.69) is 45.2 Å². The topological polar surface area (TPSA) is 67.4 Å². The SMILES string of the molecule is CC(C)(C)OC(=O)c1ccc(C2=CCC(CN3CCC[C@H]3c3ccccc3C3CC3)CC2)cc1Oc1cnc2[nH]ccc2c1. The van der Waals surface area contributed by atoms with Gasteiger partial charge >= 0.3 is 5.97 Å². The largest absolute Gasteiger partial charge is 0.456 e. The fourth-order valence-electron chi connectivity index (χ4n) is 7.04. The van der Waals surface area contributed by atoms with Crippen LogP contribution >= 0.6 is 0 Å². The van der Waals surface area contributed by atoms with E-state index in [4.69, 9.17) is 9.47 Å². The summed E-state index contributed by atoms with van der Waals surface area (Å²) in [6, 6.07) is 19.6. The summed E-state index contributed by atoms with van der Waals surface area (Å²) in [6.07, 6.45) is 14.5. The van der Waals surface area contributed by atoms with E-state index in [-0.39, 0.29) is 0 Å². The number of carbonyl (C=O) groups excluding carboxylic acids is 1. The van der Waals surface area contributed by atoms with Crippen LogP contribution in [0.2, 0.25) is 0 Å². The molecule has 0 bridgehead atoms. The number of likely N-dealkylation sites (tertiary alicyclic amines) is 1. The van der Waals surface area contributed by atoms with Crippen LogP contribution in [-0.4, -0.2) is 39.5 Å². The second-order valence-electron chi connectivity index (χ2n) is 13.8. The van der Waals surface area contributed by atoms with Gasteiger partial charge in [0.15, 0.2) is 0 Å². The third-order valence-corrected chi connectivity index (χ3v) is 9.32. The summed E-state index contributed by atoms with van der Waals surface area (Å²) < 4.78 is 12.1. The lowest BCUT2D eigenvalue weighted by molar-refractivity contribution is 0.00671. The summed E-state index contributed by atoms with van der Waals surface area (Å²) in [4.78, 5) is 23.5. The van der Waals surface area contributed by atoms with Crippen molar-refractivity contribution in [2.45, 2.75) is 83.3 Å². The number of ether oxygens (including phenoxy) is 2. The smallest absolute Gasteiger partial charge is 0.342 e. The van der Waals surface area contributed by atoms with E-state index in [1.807, 2.05) is 57.3 Å². The summed E-state index contributed by atoms with van der Waals surface area (Å²) in [5, 5.41) is 0.953. The second kappa shape index (κ2) is 11.9. The molecule has 2 fully saturated rings. The lowest BCUT2D eigenvalue weighted by Crippen LogP contribution is -2.30. The molecule has 1 aliphatic heterocycles. The zero-order chi connectivity index (χ0) is 30.3. The number of aromatic amines is 1. The summed E-state index contributed by atoms with van der Waals surface area (Å²) in [5.74, 6) is 2.13. The molecule has 4 aromatic rings. The Morgan fingerprint density at radius 2 is 1.86 bits per heavy atom. The molecule has 3 aliphatic rings. The number of nitrogens with zero attached hydrogens (tertiary/aromatic N) is 2. The fraction of sp³-hybridized carbons (Fsp3) is 0.421. The minimum atomic E-state index is -0.603. The van der Waals surface area contributed by atoms with Gasteiger partial charge in [-0.1, -0.05) is 36.4 Å². The molecule has 3 heterocycles. The third kappa shape index (κ3) is 6.32. The van der Waals surface area contributed by atoms with Crippen molar-refractivity contribution in [3.8, 4) is 11.5 Å². The summed E-state index contributed by atoms with van der Waals surface area (Å²) in [5.41, 5.74) is 6.21. The Bertz CT molecular complexity index is 1690. The van der Waals surface area contributed by atoms with E-state index in [1.165, 1.54) is 37.8 Å². The molecule has 1 saturated heterocycles. The number of fused-ring (bicyclic) bond motifs is 1. The normalized spacial score (nSPS) is 20.9. The van der Waals surface area contributed by atoms with Gasteiger partial charge in [0.2, 0.25) is 0 Å². The van der Waals surface area contributed by atoms with E-state index in [9.17, 15) is 4.79 Å². The zero-order valence-electron chi connectivity index (χ0n) is 26.1. The van der Waals surface area contributed by atoms with E-state index in [1.54, 1.807) is 17.3 Å². The lowest BCUT2D eigenvalue weighted by Gasteiger charge is -2.32. The van der Waals surface area contributed by atoms with Gasteiger partial charge in [-0.15, -0.1) is 0 Å². The van der Waals surface area contributed by atoms with Gasteiger partial charge in [-0.05, 0) is 131 Å². The van der Waals surface area contributed by atoms with Crippen molar-refractivity contribution in [2.24, 2.45) is 5.92 Å². The van der Waals surface area contributed by atoms with E-state index < -0.39 is 11.6 Å². The quantitative estimate of drug-likeness (QED) is 0.208. The van der Waals surface area contributed by atoms with Crippen LogP contribution in [-0.2, 0) is 4.74 Å². The number of carbonyl (C=O) groups is 1. The molecule has 2 aliphatic carbocycles. The number of nitrogens with one attached hydrogen (secondary N) is 1. The Hall–Kier alpha value is -3.90. The van der Waals surface area contributed by atoms with Crippen molar-refractivity contribution in [1.82, 2.24) is 14.9 Å². The van der Waals surface area contributed by atoms with Crippen LogP contribution in [0.5, 0.6) is 11.5 Å². The number of benzene rings is 2. The molecule has 6 nitrogen and oxygen atoms in total. The molecule has 1 N–H and O–H groups in total. The van der Waals surface area contributed by atoms with Gasteiger partial charge in [-0.2, -0.15) is 0 Å². The number of H-pyrrole nitrogens is 1. The van der Waals surface area contributed by atoms with Crippen molar-refractivity contribution < 1.29 is 14.3 Å². The first-order chi connectivity index (χ1) is 21.3. The minimum Gasteiger partial charge on any atom is -0.456 e. The summed E-state index contributed by atoms with van der Waals surface area (Å²) in [7, 11) is 0. The molecule has 0 spiro atoms. The Balaban J connectivity index is 1.08. The van der Waals surface area contributed by atoms with E-state index >= 15 is 0 Å². The highest BCUT2D eigenvalue weighted by Gasteiger charge is 2.34. The zero-order valence-corrected chi connectivity index (χ0v) is 26.1.